The number of hydrogen-bond acceptors (Lipinski definition) is 9. The first-order valence-electron chi connectivity index (χ1n) is 13.0. The first kappa shape index (κ1) is 30.6. The molecule has 0 spiro atoms. The fourth-order valence-electron chi connectivity index (χ4n) is 4.57. The highest BCUT2D eigenvalue weighted by molar-refractivity contribution is 7.98. The first-order chi connectivity index (χ1) is 19.1. The van der Waals surface area contributed by atoms with Crippen molar-refractivity contribution in [2.75, 3.05) is 34.7 Å². The van der Waals surface area contributed by atoms with Crippen molar-refractivity contribution in [2.45, 2.75) is 50.6 Å². The molecule has 0 radical (unpaired) electrons. The Balaban J connectivity index is 1.59. The lowest BCUT2D eigenvalue weighted by Crippen LogP contribution is -2.35. The Hall–Kier alpha value is -3.39. The predicted octanol–water partition coefficient (Wildman–Crippen LogP) is 3.69. The zero-order valence-corrected chi connectivity index (χ0v) is 26.3. The van der Waals surface area contributed by atoms with Gasteiger partial charge >= 0.3 is 5.16 Å². The van der Waals surface area contributed by atoms with Crippen molar-refractivity contribution in [3.63, 3.8) is 0 Å². The van der Waals surface area contributed by atoms with E-state index in [-0.39, 0.29) is 17.7 Å². The van der Waals surface area contributed by atoms with Crippen LogP contribution in [0.15, 0.2) is 47.9 Å². The second-order valence-corrected chi connectivity index (χ2v) is 13.7. The molecule has 0 aliphatic carbocycles. The molecule has 0 bridgehead atoms. The number of benzene rings is 2. The number of hydrazine groups is 1. The van der Waals surface area contributed by atoms with E-state index in [0.717, 1.165) is 39.5 Å². The summed E-state index contributed by atoms with van der Waals surface area (Å²) in [5.41, 5.74) is 12.1. The SMILES string of the molecule is COc1c(NC2OC2c2ccc(C)c(N(N)/C=C(\N)c3c[nH]c(SC)[n+]3C)c2)cc(C(C)(C)C)cc1NS(C)(=O)=O. The number of anilines is 3. The molecule has 1 aliphatic rings. The molecule has 2 atom stereocenters. The van der Waals surface area contributed by atoms with Crippen LogP contribution in [-0.2, 0) is 27.2 Å². The van der Waals surface area contributed by atoms with Gasteiger partial charge in [0.25, 0.3) is 0 Å². The van der Waals surface area contributed by atoms with E-state index in [4.69, 9.17) is 21.1 Å². The van der Waals surface area contributed by atoms with Gasteiger partial charge in [-0.15, -0.1) is 0 Å². The van der Waals surface area contributed by atoms with Gasteiger partial charge in [0.15, 0.2) is 17.7 Å². The average Bonchev–Trinajstić information content (AvgIpc) is 3.53. The highest BCUT2D eigenvalue weighted by Gasteiger charge is 2.41. The Labute approximate surface area is 246 Å². The van der Waals surface area contributed by atoms with E-state index in [9.17, 15) is 8.42 Å². The molecule has 1 fully saturated rings. The highest BCUT2D eigenvalue weighted by Crippen LogP contribution is 2.45. The lowest BCUT2D eigenvalue weighted by molar-refractivity contribution is -0.710. The Morgan fingerprint density at radius 1 is 1.24 bits per heavy atom. The van der Waals surface area contributed by atoms with Gasteiger partial charge in [0.1, 0.15) is 18.0 Å². The van der Waals surface area contributed by atoms with Crippen molar-refractivity contribution in [2.24, 2.45) is 18.6 Å². The third kappa shape index (κ3) is 6.92. The molecule has 2 aromatic carbocycles. The quantitative estimate of drug-likeness (QED) is 0.0768. The summed E-state index contributed by atoms with van der Waals surface area (Å²) in [4.78, 5) is 3.20. The highest BCUT2D eigenvalue weighted by atomic mass is 32.2. The van der Waals surface area contributed by atoms with Gasteiger partial charge in [0, 0.05) is 6.20 Å². The lowest BCUT2D eigenvalue weighted by Gasteiger charge is -2.24. The van der Waals surface area contributed by atoms with E-state index < -0.39 is 10.0 Å². The molecule has 2 heterocycles. The van der Waals surface area contributed by atoms with E-state index in [2.05, 4.69) is 35.8 Å². The largest absolute Gasteiger partial charge is 0.492 e. The van der Waals surface area contributed by atoms with Crippen LogP contribution in [0.25, 0.3) is 5.70 Å². The number of H-pyrrole nitrogens is 1. The Kier molecular flexibility index (Phi) is 8.55. The topological polar surface area (TPSA) is 155 Å². The van der Waals surface area contributed by atoms with Crippen LogP contribution in [0.1, 0.15) is 49.3 Å². The van der Waals surface area contributed by atoms with Crippen molar-refractivity contribution >= 4 is 44.5 Å². The molecule has 0 saturated carbocycles. The molecule has 2 unspecified atom stereocenters. The van der Waals surface area contributed by atoms with Gasteiger partial charge in [-0.2, -0.15) is 0 Å². The third-order valence-corrected chi connectivity index (χ3v) is 8.22. The van der Waals surface area contributed by atoms with Gasteiger partial charge in [-0.25, -0.2) is 23.8 Å². The number of aromatic amines is 1. The smallest absolute Gasteiger partial charge is 0.315 e. The van der Waals surface area contributed by atoms with Crippen LogP contribution in [0.3, 0.4) is 0 Å². The number of imidazole rings is 1. The Morgan fingerprint density at radius 2 is 1.93 bits per heavy atom. The van der Waals surface area contributed by atoms with E-state index in [1.54, 1.807) is 24.0 Å². The van der Waals surface area contributed by atoms with Crippen molar-refractivity contribution in [1.29, 1.82) is 0 Å². The molecule has 11 nitrogen and oxygen atoms in total. The molecule has 0 amide bonds. The molecule has 3 aromatic rings. The van der Waals surface area contributed by atoms with Crippen LogP contribution in [0, 0.1) is 6.92 Å². The second kappa shape index (κ2) is 11.5. The van der Waals surface area contributed by atoms with Crippen LogP contribution >= 0.6 is 11.8 Å². The molecule has 1 saturated heterocycles. The number of rotatable bonds is 10. The maximum Gasteiger partial charge on any atom is 0.315 e. The minimum Gasteiger partial charge on any atom is -0.492 e. The number of epoxide rings is 1. The summed E-state index contributed by atoms with van der Waals surface area (Å²) in [5.74, 6) is 6.84. The maximum atomic E-state index is 12.1. The molecule has 41 heavy (non-hydrogen) atoms. The summed E-state index contributed by atoms with van der Waals surface area (Å²) < 4.78 is 40.3. The summed E-state index contributed by atoms with van der Waals surface area (Å²) in [7, 11) is -0.0788. The maximum absolute atomic E-state index is 12.1. The number of hydrogen-bond donors (Lipinski definition) is 5. The minimum atomic E-state index is -3.52. The zero-order valence-electron chi connectivity index (χ0n) is 24.7. The third-order valence-electron chi connectivity index (χ3n) is 6.85. The van der Waals surface area contributed by atoms with Gasteiger partial charge in [0.2, 0.25) is 10.0 Å². The number of nitrogens with two attached hydrogens (primary N) is 2. The van der Waals surface area contributed by atoms with Gasteiger partial charge in [0.05, 0.1) is 37.5 Å². The molecule has 4 rings (SSSR count). The summed E-state index contributed by atoms with van der Waals surface area (Å²) in [6.07, 6.45) is 6.05. The average molecular weight is 603 g/mol. The number of aromatic nitrogens is 2. The molecule has 13 heteroatoms. The number of methoxy groups -OCH3 is 1. The zero-order chi connectivity index (χ0) is 30.3. The van der Waals surface area contributed by atoms with Crippen molar-refractivity contribution in [1.82, 2.24) is 4.98 Å². The van der Waals surface area contributed by atoms with Crippen LogP contribution in [0.2, 0.25) is 0 Å². The Bertz CT molecular complexity index is 1580. The van der Waals surface area contributed by atoms with E-state index >= 15 is 0 Å². The van der Waals surface area contributed by atoms with Gasteiger partial charge in [-0.05, 0) is 65.2 Å². The van der Waals surface area contributed by atoms with E-state index in [1.807, 2.05) is 55.3 Å². The number of nitrogens with one attached hydrogen (secondary N) is 3. The number of thioether (sulfide) groups is 1. The second-order valence-electron chi connectivity index (χ2n) is 11.1. The monoisotopic (exact) mass is 602 g/mol. The molecular formula is C28H40N7O4S2+. The number of aryl methyl sites for hydroxylation is 1. The molecule has 1 aliphatic heterocycles. The van der Waals surface area contributed by atoms with E-state index in [0.29, 0.717) is 22.8 Å². The van der Waals surface area contributed by atoms with Crippen LogP contribution in [-0.4, -0.2) is 39.3 Å². The first-order valence-corrected chi connectivity index (χ1v) is 16.1. The van der Waals surface area contributed by atoms with Gasteiger partial charge < -0.3 is 20.5 Å². The van der Waals surface area contributed by atoms with Crippen molar-refractivity contribution in [3.05, 3.63) is 65.1 Å². The number of nitrogens with zero attached hydrogens (tertiary/aromatic N) is 2. The normalized spacial score (nSPS) is 17.3. The van der Waals surface area contributed by atoms with Crippen molar-refractivity contribution < 1.29 is 22.5 Å². The van der Waals surface area contributed by atoms with Crippen LogP contribution in [0.4, 0.5) is 17.1 Å². The van der Waals surface area contributed by atoms with Crippen molar-refractivity contribution in [3.8, 4) is 5.75 Å². The van der Waals surface area contributed by atoms with Crippen LogP contribution < -0.4 is 35.9 Å². The lowest BCUT2D eigenvalue weighted by atomic mass is 9.86. The van der Waals surface area contributed by atoms with Gasteiger partial charge in [-0.3, -0.25) is 9.73 Å². The molecular weight excluding hydrogens is 562 g/mol. The summed E-state index contributed by atoms with van der Waals surface area (Å²) in [6, 6.07) is 9.74. The van der Waals surface area contributed by atoms with E-state index in [1.165, 1.54) is 12.1 Å². The molecule has 222 valence electrons. The fourth-order valence-corrected chi connectivity index (χ4v) is 5.67. The Morgan fingerprint density at radius 3 is 2.51 bits per heavy atom. The van der Waals surface area contributed by atoms with Crippen LogP contribution in [0.5, 0.6) is 5.75 Å². The number of ether oxygens (including phenoxy) is 2. The summed E-state index contributed by atoms with van der Waals surface area (Å²) in [5, 5.41) is 5.88. The summed E-state index contributed by atoms with van der Waals surface area (Å²) in [6.45, 7) is 8.16. The molecule has 7 N–H and O–H groups in total. The molecule has 1 aromatic heterocycles. The summed E-state index contributed by atoms with van der Waals surface area (Å²) >= 11 is 1.59. The minimum absolute atomic E-state index is 0.235. The fraction of sp³-hybridized carbons (Fsp3) is 0.393. The predicted molar refractivity (Wildman–Crippen MR) is 165 cm³/mol. The number of sulfonamides is 1. The van der Waals surface area contributed by atoms with Gasteiger partial charge in [-0.1, -0.05) is 32.9 Å². The standard InChI is InChI=1S/C28H39N7O4S2/c1-16-9-10-17(11-22(16)35(30)15-19(29)23-14-31-27(40-7)34(23)5)24-26(39-24)32-20-12-18(28(2,3)4)13-21(25(20)38-6)33-41(8,36)37/h9-15,24,26,32-33H,29-30H2,1-8H3/p+1/b19-15-.